The Morgan fingerprint density at radius 1 is 1.12 bits per heavy atom. The van der Waals surface area contributed by atoms with Gasteiger partial charge in [-0.1, -0.05) is 46.5 Å². The van der Waals surface area contributed by atoms with Gasteiger partial charge >= 0.3 is 0 Å². The molecule has 2 atom stereocenters. The van der Waals surface area contributed by atoms with Crippen LogP contribution in [0.5, 0.6) is 0 Å². The molecule has 0 spiro atoms. The normalized spacial score (nSPS) is 15.0. The highest BCUT2D eigenvalue weighted by Crippen LogP contribution is 2.18. The van der Waals surface area contributed by atoms with Crippen LogP contribution in [0, 0.1) is 5.92 Å². The third kappa shape index (κ3) is 8.12. The molecule has 0 fully saturated rings. The SMILES string of the molecule is CCCCC(CC)CC(COCC)NCC. The van der Waals surface area contributed by atoms with Crippen LogP contribution in [-0.2, 0) is 4.74 Å². The van der Waals surface area contributed by atoms with Crippen molar-refractivity contribution in [2.24, 2.45) is 5.92 Å². The number of rotatable bonds is 11. The Morgan fingerprint density at radius 2 is 1.88 bits per heavy atom. The standard InChI is InChI=1S/C14H31NO/c1-5-9-10-13(6-2)11-14(15-7-3)12-16-8-4/h13-15H,5-12H2,1-4H3. The summed E-state index contributed by atoms with van der Waals surface area (Å²) < 4.78 is 5.54. The lowest BCUT2D eigenvalue weighted by molar-refractivity contribution is 0.113. The van der Waals surface area contributed by atoms with Crippen molar-refractivity contribution >= 4 is 0 Å². The number of unbranched alkanes of at least 4 members (excludes halogenated alkanes) is 1. The van der Waals surface area contributed by atoms with Crippen LogP contribution in [0.15, 0.2) is 0 Å². The topological polar surface area (TPSA) is 21.3 Å². The Morgan fingerprint density at radius 3 is 2.38 bits per heavy atom. The summed E-state index contributed by atoms with van der Waals surface area (Å²) in [6.07, 6.45) is 6.62. The second kappa shape index (κ2) is 11.4. The molecule has 0 saturated heterocycles. The minimum atomic E-state index is 0.548. The van der Waals surface area contributed by atoms with Crippen molar-refractivity contribution in [3.8, 4) is 0 Å². The van der Waals surface area contributed by atoms with Gasteiger partial charge in [-0.05, 0) is 25.8 Å². The summed E-state index contributed by atoms with van der Waals surface area (Å²) in [4.78, 5) is 0. The molecule has 0 radical (unpaired) electrons. The third-order valence-corrected chi connectivity index (χ3v) is 3.18. The molecule has 0 aromatic heterocycles. The molecule has 0 amide bonds. The number of nitrogens with one attached hydrogen (secondary N) is 1. The molecule has 2 unspecified atom stereocenters. The molecule has 0 heterocycles. The van der Waals surface area contributed by atoms with Crippen LogP contribution in [0.1, 0.15) is 59.8 Å². The lowest BCUT2D eigenvalue weighted by Crippen LogP contribution is -2.35. The van der Waals surface area contributed by atoms with E-state index in [1.165, 1.54) is 32.1 Å². The summed E-state index contributed by atoms with van der Waals surface area (Å²) in [6, 6.07) is 0.548. The van der Waals surface area contributed by atoms with Crippen molar-refractivity contribution in [3.05, 3.63) is 0 Å². The summed E-state index contributed by atoms with van der Waals surface area (Å²) >= 11 is 0. The van der Waals surface area contributed by atoms with Gasteiger partial charge in [0.1, 0.15) is 0 Å². The molecule has 0 aromatic rings. The predicted octanol–water partition coefficient (Wildman–Crippen LogP) is 3.61. The molecule has 0 rings (SSSR count). The number of hydrogen-bond donors (Lipinski definition) is 1. The van der Waals surface area contributed by atoms with Gasteiger partial charge in [0, 0.05) is 12.6 Å². The average molecular weight is 229 g/mol. The van der Waals surface area contributed by atoms with E-state index in [4.69, 9.17) is 4.74 Å². The molecule has 0 saturated carbocycles. The molecule has 0 aliphatic heterocycles. The van der Waals surface area contributed by atoms with E-state index in [0.717, 1.165) is 25.7 Å². The highest BCUT2D eigenvalue weighted by Gasteiger charge is 2.14. The van der Waals surface area contributed by atoms with Gasteiger partial charge in [-0.25, -0.2) is 0 Å². The van der Waals surface area contributed by atoms with Crippen molar-refractivity contribution in [1.82, 2.24) is 5.32 Å². The first-order valence-electron chi connectivity index (χ1n) is 7.09. The first-order valence-corrected chi connectivity index (χ1v) is 7.09. The minimum absolute atomic E-state index is 0.548. The molecule has 16 heavy (non-hydrogen) atoms. The van der Waals surface area contributed by atoms with Crippen LogP contribution in [0.25, 0.3) is 0 Å². The van der Waals surface area contributed by atoms with Gasteiger partial charge in [0.2, 0.25) is 0 Å². The van der Waals surface area contributed by atoms with E-state index in [1.807, 2.05) is 0 Å². The Kier molecular flexibility index (Phi) is 11.3. The zero-order valence-corrected chi connectivity index (χ0v) is 11.7. The van der Waals surface area contributed by atoms with Crippen LogP contribution in [0.4, 0.5) is 0 Å². The Balaban J connectivity index is 3.90. The van der Waals surface area contributed by atoms with Crippen molar-refractivity contribution in [2.75, 3.05) is 19.8 Å². The van der Waals surface area contributed by atoms with Crippen LogP contribution in [0.2, 0.25) is 0 Å². The summed E-state index contributed by atoms with van der Waals surface area (Å²) in [6.45, 7) is 11.6. The Bertz CT molecular complexity index is 139. The highest BCUT2D eigenvalue weighted by atomic mass is 16.5. The van der Waals surface area contributed by atoms with E-state index in [2.05, 4.69) is 33.0 Å². The molecule has 98 valence electrons. The maximum absolute atomic E-state index is 5.54. The maximum atomic E-state index is 5.54. The molecule has 2 nitrogen and oxygen atoms in total. The largest absolute Gasteiger partial charge is 0.380 e. The van der Waals surface area contributed by atoms with Gasteiger partial charge in [0.25, 0.3) is 0 Å². The monoisotopic (exact) mass is 229 g/mol. The fourth-order valence-corrected chi connectivity index (χ4v) is 2.14. The fourth-order valence-electron chi connectivity index (χ4n) is 2.14. The lowest BCUT2D eigenvalue weighted by atomic mass is 9.92. The quantitative estimate of drug-likeness (QED) is 0.584. The number of likely N-dealkylation sites (N-methyl/N-ethyl adjacent to an activating group) is 1. The predicted molar refractivity (Wildman–Crippen MR) is 71.9 cm³/mol. The van der Waals surface area contributed by atoms with E-state index in [-0.39, 0.29) is 0 Å². The van der Waals surface area contributed by atoms with Gasteiger partial charge in [0.15, 0.2) is 0 Å². The third-order valence-electron chi connectivity index (χ3n) is 3.18. The minimum Gasteiger partial charge on any atom is -0.380 e. The smallest absolute Gasteiger partial charge is 0.0619 e. The van der Waals surface area contributed by atoms with Gasteiger partial charge in [-0.2, -0.15) is 0 Å². The second-order valence-electron chi connectivity index (χ2n) is 4.57. The van der Waals surface area contributed by atoms with Crippen LogP contribution in [-0.4, -0.2) is 25.8 Å². The van der Waals surface area contributed by atoms with E-state index >= 15 is 0 Å². The molecule has 0 aliphatic carbocycles. The molecule has 0 aliphatic rings. The molecule has 0 bridgehead atoms. The molecular weight excluding hydrogens is 198 g/mol. The fraction of sp³-hybridized carbons (Fsp3) is 1.00. The van der Waals surface area contributed by atoms with Crippen molar-refractivity contribution in [2.45, 2.75) is 65.8 Å². The molecule has 1 N–H and O–H groups in total. The summed E-state index contributed by atoms with van der Waals surface area (Å²) in [5.74, 6) is 0.865. The van der Waals surface area contributed by atoms with Crippen molar-refractivity contribution in [1.29, 1.82) is 0 Å². The van der Waals surface area contributed by atoms with Gasteiger partial charge in [-0.15, -0.1) is 0 Å². The van der Waals surface area contributed by atoms with E-state index in [0.29, 0.717) is 6.04 Å². The first kappa shape index (κ1) is 15.9. The molecule has 0 aromatic carbocycles. The second-order valence-corrected chi connectivity index (χ2v) is 4.57. The highest BCUT2D eigenvalue weighted by molar-refractivity contribution is 4.70. The van der Waals surface area contributed by atoms with Gasteiger partial charge in [0.05, 0.1) is 6.61 Å². The summed E-state index contributed by atoms with van der Waals surface area (Å²) in [5, 5.41) is 3.53. The van der Waals surface area contributed by atoms with Crippen molar-refractivity contribution < 1.29 is 4.74 Å². The maximum Gasteiger partial charge on any atom is 0.0619 e. The lowest BCUT2D eigenvalue weighted by Gasteiger charge is -2.23. The van der Waals surface area contributed by atoms with Gasteiger partial charge < -0.3 is 10.1 Å². The number of ether oxygens (including phenoxy) is 1. The average Bonchev–Trinajstić information content (AvgIpc) is 2.31. The van der Waals surface area contributed by atoms with Gasteiger partial charge in [-0.3, -0.25) is 0 Å². The van der Waals surface area contributed by atoms with Crippen LogP contribution in [0.3, 0.4) is 0 Å². The van der Waals surface area contributed by atoms with E-state index in [1.54, 1.807) is 0 Å². The number of hydrogen-bond acceptors (Lipinski definition) is 2. The Labute approximate surface area is 102 Å². The van der Waals surface area contributed by atoms with Crippen LogP contribution >= 0.6 is 0 Å². The Hall–Kier alpha value is -0.0800. The van der Waals surface area contributed by atoms with E-state index in [9.17, 15) is 0 Å². The van der Waals surface area contributed by atoms with E-state index < -0.39 is 0 Å². The molecular formula is C14H31NO. The summed E-state index contributed by atoms with van der Waals surface area (Å²) in [7, 11) is 0. The zero-order valence-electron chi connectivity index (χ0n) is 11.7. The van der Waals surface area contributed by atoms with Crippen molar-refractivity contribution in [3.63, 3.8) is 0 Å². The first-order chi connectivity index (χ1) is 7.78. The zero-order chi connectivity index (χ0) is 12.2. The van der Waals surface area contributed by atoms with Crippen LogP contribution < -0.4 is 5.32 Å². The summed E-state index contributed by atoms with van der Waals surface area (Å²) in [5.41, 5.74) is 0. The molecule has 2 heteroatoms.